The Labute approximate surface area is 209 Å². The molecule has 36 heavy (non-hydrogen) atoms. The van der Waals surface area contributed by atoms with Crippen molar-refractivity contribution in [3.63, 3.8) is 0 Å². The molecule has 0 radical (unpaired) electrons. The number of aliphatic carboxylic acids is 1. The van der Waals surface area contributed by atoms with Crippen LogP contribution in [0.25, 0.3) is 0 Å². The summed E-state index contributed by atoms with van der Waals surface area (Å²) in [5.41, 5.74) is 4.34. The summed E-state index contributed by atoms with van der Waals surface area (Å²) in [4.78, 5) is 12.0. The summed E-state index contributed by atoms with van der Waals surface area (Å²) in [6.07, 6.45) is -4.05. The molecule has 2 unspecified atom stereocenters. The van der Waals surface area contributed by atoms with Gasteiger partial charge in [0.05, 0.1) is 26.4 Å². The van der Waals surface area contributed by atoms with Gasteiger partial charge >= 0.3 is 5.97 Å². The number of hydrogen-bond acceptors (Lipinski definition) is 6. The van der Waals surface area contributed by atoms with Gasteiger partial charge in [0.1, 0.15) is 24.4 Å². The van der Waals surface area contributed by atoms with Crippen molar-refractivity contribution >= 4 is 5.97 Å². The van der Waals surface area contributed by atoms with Gasteiger partial charge in [0, 0.05) is 0 Å². The molecule has 0 amide bonds. The Kier molecular flexibility index (Phi) is 9.54. The molecule has 3 aromatic carbocycles. The Morgan fingerprint density at radius 1 is 0.778 bits per heavy atom. The van der Waals surface area contributed by atoms with Crippen LogP contribution in [0.15, 0.2) is 91.0 Å². The van der Waals surface area contributed by atoms with Crippen LogP contribution in [0, 0.1) is 0 Å². The number of carbonyl (C=O) groups is 1. The molecule has 1 fully saturated rings. The van der Waals surface area contributed by atoms with Crippen molar-refractivity contribution in [3.8, 4) is 0 Å². The fourth-order valence-corrected chi connectivity index (χ4v) is 4.21. The van der Waals surface area contributed by atoms with E-state index in [0.717, 1.165) is 16.7 Å². The molecule has 7 nitrogen and oxygen atoms in total. The summed E-state index contributed by atoms with van der Waals surface area (Å²) in [7, 11) is 0. The van der Waals surface area contributed by atoms with Gasteiger partial charge in [0.2, 0.25) is 0 Å². The molecule has 1 saturated heterocycles. The SMILES string of the molecule is O=C(O)C1O[C@H](COCc2ccccc2)[C@@H](OCc2ccccc2)[C@H](OCc2ccccc2)C1NF. The molecule has 8 heteroatoms. The quantitative estimate of drug-likeness (QED) is 0.367. The number of rotatable bonds is 12. The topological polar surface area (TPSA) is 86.3 Å². The normalized spacial score (nSPS) is 23.9. The predicted octanol–water partition coefficient (Wildman–Crippen LogP) is 4.07. The Hall–Kier alpha value is -3.14. The van der Waals surface area contributed by atoms with Gasteiger partial charge in [-0.3, -0.25) is 0 Å². The maximum absolute atomic E-state index is 14.0. The van der Waals surface area contributed by atoms with Crippen LogP contribution in [0.3, 0.4) is 0 Å². The largest absolute Gasteiger partial charge is 0.479 e. The third-order valence-electron chi connectivity index (χ3n) is 6.03. The molecule has 5 atom stereocenters. The third-order valence-corrected chi connectivity index (χ3v) is 6.03. The first-order valence-electron chi connectivity index (χ1n) is 11.8. The number of benzene rings is 3. The summed E-state index contributed by atoms with van der Waals surface area (Å²) in [6, 6.07) is 27.2. The van der Waals surface area contributed by atoms with Crippen molar-refractivity contribution in [2.24, 2.45) is 0 Å². The second-order valence-electron chi connectivity index (χ2n) is 8.59. The molecule has 1 aliphatic heterocycles. The van der Waals surface area contributed by atoms with E-state index >= 15 is 0 Å². The molecule has 1 aliphatic rings. The summed E-state index contributed by atoms with van der Waals surface area (Å²) >= 11 is 0. The molecule has 0 bridgehead atoms. The maximum atomic E-state index is 14.0. The lowest BCUT2D eigenvalue weighted by Crippen LogP contribution is -2.65. The van der Waals surface area contributed by atoms with Gasteiger partial charge < -0.3 is 24.1 Å². The lowest BCUT2D eigenvalue weighted by atomic mass is 9.92. The van der Waals surface area contributed by atoms with Crippen LogP contribution in [0.5, 0.6) is 0 Å². The van der Waals surface area contributed by atoms with Crippen LogP contribution in [0.1, 0.15) is 16.7 Å². The lowest BCUT2D eigenvalue weighted by molar-refractivity contribution is -0.240. The summed E-state index contributed by atoms with van der Waals surface area (Å²) < 4.78 is 38.1. The molecular weight excluding hydrogens is 465 g/mol. The fraction of sp³-hybridized carbons (Fsp3) is 0.321. The van der Waals surface area contributed by atoms with Crippen LogP contribution in [0.2, 0.25) is 0 Å². The van der Waals surface area contributed by atoms with E-state index in [2.05, 4.69) is 0 Å². The van der Waals surface area contributed by atoms with E-state index in [0.29, 0.717) is 6.61 Å². The van der Waals surface area contributed by atoms with E-state index in [1.54, 1.807) is 5.54 Å². The van der Waals surface area contributed by atoms with Crippen LogP contribution in [-0.4, -0.2) is 48.1 Å². The highest BCUT2D eigenvalue weighted by Gasteiger charge is 2.50. The number of carboxylic acids is 1. The summed E-state index contributed by atoms with van der Waals surface area (Å²) in [6.45, 7) is 0.720. The molecular formula is C28H30FNO6. The molecule has 4 rings (SSSR count). The number of ether oxygens (including phenoxy) is 4. The Morgan fingerprint density at radius 2 is 1.25 bits per heavy atom. The van der Waals surface area contributed by atoms with Crippen molar-refractivity contribution in [1.29, 1.82) is 0 Å². The highest BCUT2D eigenvalue weighted by Crippen LogP contribution is 2.29. The Balaban J connectivity index is 1.55. The minimum Gasteiger partial charge on any atom is -0.479 e. The summed E-state index contributed by atoms with van der Waals surface area (Å²) in [5.74, 6) is -1.30. The molecule has 3 aromatic rings. The van der Waals surface area contributed by atoms with Crippen molar-refractivity contribution in [3.05, 3.63) is 108 Å². The average Bonchev–Trinajstić information content (AvgIpc) is 2.92. The second-order valence-corrected chi connectivity index (χ2v) is 8.59. The van der Waals surface area contributed by atoms with Crippen LogP contribution in [-0.2, 0) is 43.6 Å². The second kappa shape index (κ2) is 13.2. The van der Waals surface area contributed by atoms with Crippen molar-refractivity contribution in [1.82, 2.24) is 5.54 Å². The van der Waals surface area contributed by atoms with Gasteiger partial charge in [0.25, 0.3) is 0 Å². The predicted molar refractivity (Wildman–Crippen MR) is 130 cm³/mol. The average molecular weight is 496 g/mol. The highest BCUT2D eigenvalue weighted by molar-refractivity contribution is 5.73. The summed E-state index contributed by atoms with van der Waals surface area (Å²) in [5, 5.41) is 9.79. The molecule has 0 spiro atoms. The highest BCUT2D eigenvalue weighted by atomic mass is 19.2. The molecule has 190 valence electrons. The van der Waals surface area contributed by atoms with Crippen LogP contribution in [0.4, 0.5) is 4.48 Å². The maximum Gasteiger partial charge on any atom is 0.334 e. The lowest BCUT2D eigenvalue weighted by Gasteiger charge is -2.44. The van der Waals surface area contributed by atoms with E-state index in [-0.39, 0.29) is 19.8 Å². The van der Waals surface area contributed by atoms with E-state index in [9.17, 15) is 14.4 Å². The molecule has 2 N–H and O–H groups in total. The van der Waals surface area contributed by atoms with Crippen molar-refractivity contribution in [2.75, 3.05) is 6.61 Å². The number of hydrogen-bond donors (Lipinski definition) is 2. The minimum atomic E-state index is -1.49. The van der Waals surface area contributed by atoms with Gasteiger partial charge in [-0.2, -0.15) is 5.54 Å². The zero-order chi connectivity index (χ0) is 25.2. The van der Waals surface area contributed by atoms with Gasteiger partial charge in [0.15, 0.2) is 6.10 Å². The van der Waals surface area contributed by atoms with Crippen molar-refractivity contribution < 1.29 is 33.3 Å². The first-order chi connectivity index (χ1) is 17.7. The zero-order valence-electron chi connectivity index (χ0n) is 19.7. The van der Waals surface area contributed by atoms with Crippen LogP contribution < -0.4 is 5.54 Å². The van der Waals surface area contributed by atoms with Gasteiger partial charge in [-0.05, 0) is 16.7 Å². The zero-order valence-corrected chi connectivity index (χ0v) is 19.7. The fourth-order valence-electron chi connectivity index (χ4n) is 4.21. The number of halogens is 1. The minimum absolute atomic E-state index is 0.0440. The van der Waals surface area contributed by atoms with E-state index in [4.69, 9.17) is 18.9 Å². The first kappa shape index (κ1) is 25.9. The molecule has 1 heterocycles. The van der Waals surface area contributed by atoms with Gasteiger partial charge in [-0.1, -0.05) is 91.0 Å². The molecule has 0 aliphatic carbocycles. The third kappa shape index (κ3) is 6.96. The van der Waals surface area contributed by atoms with Crippen molar-refractivity contribution in [2.45, 2.75) is 50.3 Å². The van der Waals surface area contributed by atoms with E-state index < -0.39 is 36.4 Å². The van der Waals surface area contributed by atoms with E-state index in [1.165, 1.54) is 0 Å². The Morgan fingerprint density at radius 3 is 1.72 bits per heavy atom. The van der Waals surface area contributed by atoms with Gasteiger partial charge in [-0.15, -0.1) is 4.48 Å². The standard InChI is InChI=1S/C28H30FNO6/c29-30-24-26(35-18-22-14-8-3-9-15-22)25(34-17-21-12-6-2-7-13-21)23(36-27(24)28(31)32)19-33-16-20-10-4-1-5-11-20/h1-15,23-27,30H,16-19H2,(H,31,32)/t23-,24?,25-,26-,27?/m1/s1. The monoisotopic (exact) mass is 495 g/mol. The first-order valence-corrected chi connectivity index (χ1v) is 11.8. The van der Waals surface area contributed by atoms with Crippen LogP contribution >= 0.6 is 0 Å². The number of nitrogens with one attached hydrogen (secondary N) is 1. The molecule has 0 saturated carbocycles. The van der Waals surface area contributed by atoms with Gasteiger partial charge in [-0.25, -0.2) is 4.79 Å². The smallest absolute Gasteiger partial charge is 0.334 e. The Bertz CT molecular complexity index is 1060. The number of carboxylic acid groups (broad SMARTS) is 1. The molecule has 0 aromatic heterocycles. The van der Waals surface area contributed by atoms with E-state index in [1.807, 2.05) is 91.0 Å².